The van der Waals surface area contributed by atoms with E-state index in [9.17, 15) is 5.11 Å². The molecule has 0 saturated carbocycles. The van der Waals surface area contributed by atoms with Crippen molar-refractivity contribution in [3.63, 3.8) is 0 Å². The van der Waals surface area contributed by atoms with E-state index >= 15 is 0 Å². The molecule has 0 radical (unpaired) electrons. The van der Waals surface area contributed by atoms with Crippen molar-refractivity contribution in [3.05, 3.63) is 46.4 Å². The molecule has 1 unspecified atom stereocenters. The number of hydrogen-bond acceptors (Lipinski definition) is 4. The van der Waals surface area contributed by atoms with Crippen LogP contribution in [0.1, 0.15) is 23.0 Å². The van der Waals surface area contributed by atoms with Crippen LogP contribution in [0, 0.1) is 6.92 Å². The van der Waals surface area contributed by atoms with Crippen LogP contribution in [0.2, 0.25) is 5.02 Å². The van der Waals surface area contributed by atoms with Gasteiger partial charge in [-0.2, -0.15) is 0 Å². The zero-order valence-corrected chi connectivity index (χ0v) is 11.7. The molecule has 2 aromatic rings. The number of halogens is 1. The van der Waals surface area contributed by atoms with E-state index in [0.717, 1.165) is 5.76 Å². The molecule has 19 heavy (non-hydrogen) atoms. The molecule has 0 aliphatic heterocycles. The second-order valence-corrected chi connectivity index (χ2v) is 4.53. The van der Waals surface area contributed by atoms with E-state index in [1.807, 2.05) is 6.92 Å². The molecule has 1 aromatic carbocycles. The minimum absolute atomic E-state index is 0.406. The number of aryl methyl sites for hydroxylation is 1. The van der Waals surface area contributed by atoms with Crippen molar-refractivity contribution in [2.24, 2.45) is 0 Å². The van der Waals surface area contributed by atoms with Crippen molar-refractivity contribution >= 4 is 11.6 Å². The maximum atomic E-state index is 10.3. The summed E-state index contributed by atoms with van der Waals surface area (Å²) in [6, 6.07) is 5.04. The first kappa shape index (κ1) is 13.8. The molecule has 1 heterocycles. The van der Waals surface area contributed by atoms with Gasteiger partial charge in [0, 0.05) is 17.2 Å². The molecule has 4 nitrogen and oxygen atoms in total. The smallest absolute Gasteiger partial charge is 0.162 e. The van der Waals surface area contributed by atoms with Gasteiger partial charge in [0.15, 0.2) is 11.5 Å². The van der Waals surface area contributed by atoms with Crippen LogP contribution in [0.4, 0.5) is 0 Å². The molecule has 1 aromatic heterocycles. The third-order valence-electron chi connectivity index (χ3n) is 2.86. The Morgan fingerprint density at radius 1 is 1.16 bits per heavy atom. The predicted octanol–water partition coefficient (Wildman–Crippen LogP) is 3.34. The van der Waals surface area contributed by atoms with E-state index in [0.29, 0.717) is 27.6 Å². The molecular weight excluding hydrogens is 268 g/mol. The number of ether oxygens (including phenoxy) is 2. The summed E-state index contributed by atoms with van der Waals surface area (Å²) in [4.78, 5) is 0. The molecule has 102 valence electrons. The van der Waals surface area contributed by atoms with Crippen molar-refractivity contribution in [1.29, 1.82) is 0 Å². The van der Waals surface area contributed by atoms with Crippen LogP contribution in [0.25, 0.3) is 0 Å². The maximum Gasteiger partial charge on any atom is 0.162 e. The van der Waals surface area contributed by atoms with Gasteiger partial charge in [-0.1, -0.05) is 11.6 Å². The lowest BCUT2D eigenvalue weighted by atomic mass is 10.0. The van der Waals surface area contributed by atoms with Crippen molar-refractivity contribution in [2.75, 3.05) is 14.2 Å². The number of hydrogen-bond donors (Lipinski definition) is 1. The zero-order chi connectivity index (χ0) is 14.0. The lowest BCUT2D eigenvalue weighted by Gasteiger charge is -2.15. The monoisotopic (exact) mass is 282 g/mol. The molecule has 5 heteroatoms. The summed E-state index contributed by atoms with van der Waals surface area (Å²) < 4.78 is 15.5. The van der Waals surface area contributed by atoms with Crippen LogP contribution in [0.3, 0.4) is 0 Å². The average molecular weight is 283 g/mol. The van der Waals surface area contributed by atoms with Crippen molar-refractivity contribution < 1.29 is 19.0 Å². The van der Waals surface area contributed by atoms with Gasteiger partial charge in [-0.15, -0.1) is 0 Å². The van der Waals surface area contributed by atoms with Gasteiger partial charge in [0.2, 0.25) is 0 Å². The van der Waals surface area contributed by atoms with Crippen molar-refractivity contribution in [3.8, 4) is 11.5 Å². The molecule has 1 N–H and O–H groups in total. The number of aliphatic hydroxyl groups excluding tert-OH is 1. The van der Waals surface area contributed by atoms with Gasteiger partial charge in [-0.3, -0.25) is 0 Å². The molecule has 0 amide bonds. The Kier molecular flexibility index (Phi) is 4.02. The lowest BCUT2D eigenvalue weighted by molar-refractivity contribution is 0.218. The first-order chi connectivity index (χ1) is 9.06. The third kappa shape index (κ3) is 2.69. The van der Waals surface area contributed by atoms with Crippen molar-refractivity contribution in [1.82, 2.24) is 0 Å². The highest BCUT2D eigenvalue weighted by atomic mass is 35.5. The topological polar surface area (TPSA) is 51.8 Å². The fraction of sp³-hybridized carbons (Fsp3) is 0.286. The first-order valence-electron chi connectivity index (χ1n) is 5.71. The normalized spacial score (nSPS) is 12.3. The minimum Gasteiger partial charge on any atom is -0.493 e. The van der Waals surface area contributed by atoms with Crippen LogP contribution < -0.4 is 9.47 Å². The Bertz CT molecular complexity index is 577. The molecule has 0 aliphatic carbocycles. The van der Waals surface area contributed by atoms with Crippen LogP contribution in [-0.4, -0.2) is 19.3 Å². The summed E-state index contributed by atoms with van der Waals surface area (Å²) in [5.74, 6) is 1.76. The standard InChI is InChI=1S/C14H15ClO4/c1-8-4-9(7-19-8)14(16)10-5-12(17-2)13(18-3)6-11(10)15/h4-7,14,16H,1-3H3. The molecule has 0 fully saturated rings. The zero-order valence-electron chi connectivity index (χ0n) is 10.9. The van der Waals surface area contributed by atoms with E-state index in [1.54, 1.807) is 18.2 Å². The van der Waals surface area contributed by atoms with Crippen LogP contribution >= 0.6 is 11.6 Å². The number of benzene rings is 1. The Hall–Kier alpha value is -1.65. The molecule has 0 spiro atoms. The van der Waals surface area contributed by atoms with Gasteiger partial charge in [-0.05, 0) is 19.1 Å². The summed E-state index contributed by atoms with van der Waals surface area (Å²) in [5.41, 5.74) is 1.19. The first-order valence-corrected chi connectivity index (χ1v) is 6.09. The van der Waals surface area contributed by atoms with Gasteiger partial charge in [0.25, 0.3) is 0 Å². The molecule has 1 atom stereocenters. The minimum atomic E-state index is -0.871. The molecular formula is C14H15ClO4. The number of rotatable bonds is 4. The van der Waals surface area contributed by atoms with Crippen LogP contribution in [0.15, 0.2) is 28.9 Å². The summed E-state index contributed by atoms with van der Waals surface area (Å²) >= 11 is 6.16. The highest BCUT2D eigenvalue weighted by molar-refractivity contribution is 6.31. The Balaban J connectivity index is 2.44. The lowest BCUT2D eigenvalue weighted by Crippen LogP contribution is -2.01. The van der Waals surface area contributed by atoms with Gasteiger partial charge < -0.3 is 19.0 Å². The van der Waals surface area contributed by atoms with Crippen LogP contribution in [0.5, 0.6) is 11.5 Å². The summed E-state index contributed by atoms with van der Waals surface area (Å²) in [7, 11) is 3.06. The van der Waals surface area contributed by atoms with Crippen molar-refractivity contribution in [2.45, 2.75) is 13.0 Å². The number of furan rings is 1. The SMILES string of the molecule is COc1cc(Cl)c(C(O)c2coc(C)c2)cc1OC. The molecule has 0 saturated heterocycles. The summed E-state index contributed by atoms with van der Waals surface area (Å²) in [6.45, 7) is 1.81. The Morgan fingerprint density at radius 2 is 1.79 bits per heavy atom. The summed E-state index contributed by atoms with van der Waals surface area (Å²) in [5, 5.41) is 10.7. The van der Waals surface area contributed by atoms with E-state index in [1.165, 1.54) is 20.5 Å². The highest BCUT2D eigenvalue weighted by Crippen LogP contribution is 2.37. The highest BCUT2D eigenvalue weighted by Gasteiger charge is 2.19. The van der Waals surface area contributed by atoms with Gasteiger partial charge in [-0.25, -0.2) is 0 Å². The van der Waals surface area contributed by atoms with Gasteiger partial charge >= 0.3 is 0 Å². The predicted molar refractivity (Wildman–Crippen MR) is 72.1 cm³/mol. The van der Waals surface area contributed by atoms with E-state index < -0.39 is 6.10 Å². The van der Waals surface area contributed by atoms with Gasteiger partial charge in [0.05, 0.1) is 25.5 Å². The molecule has 0 bridgehead atoms. The van der Waals surface area contributed by atoms with E-state index in [4.69, 9.17) is 25.5 Å². The van der Waals surface area contributed by atoms with E-state index in [-0.39, 0.29) is 0 Å². The van der Waals surface area contributed by atoms with Gasteiger partial charge in [0.1, 0.15) is 11.9 Å². The Morgan fingerprint density at radius 3 is 2.32 bits per heavy atom. The average Bonchev–Trinajstić information content (AvgIpc) is 2.84. The number of methoxy groups -OCH3 is 2. The second kappa shape index (κ2) is 5.55. The van der Waals surface area contributed by atoms with Crippen LogP contribution in [-0.2, 0) is 0 Å². The number of aliphatic hydroxyl groups is 1. The van der Waals surface area contributed by atoms with E-state index in [2.05, 4.69) is 0 Å². The largest absolute Gasteiger partial charge is 0.493 e. The third-order valence-corrected chi connectivity index (χ3v) is 3.19. The maximum absolute atomic E-state index is 10.3. The fourth-order valence-electron chi connectivity index (χ4n) is 1.87. The summed E-state index contributed by atoms with van der Waals surface area (Å²) in [6.07, 6.45) is 0.636. The fourth-order valence-corrected chi connectivity index (χ4v) is 2.12. The quantitative estimate of drug-likeness (QED) is 0.934. The molecule has 2 rings (SSSR count). The molecule has 0 aliphatic rings. The second-order valence-electron chi connectivity index (χ2n) is 4.12. The Labute approximate surface area is 116 Å².